The predicted molar refractivity (Wildman–Crippen MR) is 72.6 cm³/mol. The van der Waals surface area contributed by atoms with Gasteiger partial charge in [-0.15, -0.1) is 11.3 Å². The number of carbonyl (C=O) groups is 1. The highest BCUT2D eigenvalue weighted by atomic mass is 79.9. The van der Waals surface area contributed by atoms with Crippen molar-refractivity contribution in [1.82, 2.24) is 9.78 Å². The van der Waals surface area contributed by atoms with Crippen LogP contribution in [0.15, 0.2) is 22.1 Å². The third-order valence-electron chi connectivity index (χ3n) is 2.50. The number of thiophene rings is 1. The molecule has 5 heteroatoms. The van der Waals surface area contributed by atoms with Crippen molar-refractivity contribution in [3.05, 3.63) is 38.3 Å². The van der Waals surface area contributed by atoms with Crippen LogP contribution in [-0.2, 0) is 19.9 Å². The second kappa shape index (κ2) is 5.14. The molecule has 0 aliphatic rings. The molecule has 90 valence electrons. The lowest BCUT2D eigenvalue weighted by Crippen LogP contribution is -2.04. The molecule has 0 bridgehead atoms. The van der Waals surface area contributed by atoms with Crippen molar-refractivity contribution < 1.29 is 4.79 Å². The highest BCUT2D eigenvalue weighted by molar-refractivity contribution is 9.10. The molecule has 17 heavy (non-hydrogen) atoms. The standard InChI is InChI=1S/C12H13BrN2OS/c1-3-11-10(6-15(2)14-11)12(16)5-9-4-8(13)7-17-9/h4,6-7H,3,5H2,1-2H3. The second-order valence-corrected chi connectivity index (χ2v) is 5.76. The number of aromatic nitrogens is 2. The largest absolute Gasteiger partial charge is 0.294 e. The number of aryl methyl sites for hydroxylation is 2. The molecule has 0 fully saturated rings. The highest BCUT2D eigenvalue weighted by Crippen LogP contribution is 2.21. The molecule has 0 saturated heterocycles. The van der Waals surface area contributed by atoms with Crippen molar-refractivity contribution >= 4 is 33.0 Å². The molecule has 2 aromatic rings. The molecule has 0 aliphatic heterocycles. The van der Waals surface area contributed by atoms with Gasteiger partial charge in [0, 0.05) is 34.4 Å². The summed E-state index contributed by atoms with van der Waals surface area (Å²) in [5.41, 5.74) is 1.63. The molecule has 3 nitrogen and oxygen atoms in total. The first-order chi connectivity index (χ1) is 8.10. The Kier molecular flexibility index (Phi) is 3.79. The SMILES string of the molecule is CCc1nn(C)cc1C(=O)Cc1cc(Br)cs1. The van der Waals surface area contributed by atoms with E-state index in [4.69, 9.17) is 0 Å². The van der Waals surface area contributed by atoms with Gasteiger partial charge in [0.1, 0.15) is 0 Å². The van der Waals surface area contributed by atoms with Crippen LogP contribution >= 0.6 is 27.3 Å². The fourth-order valence-electron chi connectivity index (χ4n) is 1.73. The maximum atomic E-state index is 12.2. The Morgan fingerprint density at radius 1 is 1.59 bits per heavy atom. The molecule has 0 spiro atoms. The summed E-state index contributed by atoms with van der Waals surface area (Å²) >= 11 is 4.99. The van der Waals surface area contributed by atoms with Gasteiger partial charge < -0.3 is 0 Å². The molecule has 0 N–H and O–H groups in total. The van der Waals surface area contributed by atoms with Crippen molar-refractivity contribution in [2.45, 2.75) is 19.8 Å². The number of carbonyl (C=O) groups excluding carboxylic acids is 1. The fourth-order valence-corrected chi connectivity index (χ4v) is 3.18. The van der Waals surface area contributed by atoms with Gasteiger partial charge in [-0.2, -0.15) is 5.10 Å². The number of hydrogen-bond donors (Lipinski definition) is 0. The lowest BCUT2D eigenvalue weighted by Gasteiger charge is -1.97. The Balaban J connectivity index is 2.19. The smallest absolute Gasteiger partial charge is 0.171 e. The number of ketones is 1. The van der Waals surface area contributed by atoms with Crippen molar-refractivity contribution in [1.29, 1.82) is 0 Å². The zero-order chi connectivity index (χ0) is 12.4. The normalized spacial score (nSPS) is 10.8. The van der Waals surface area contributed by atoms with Crippen molar-refractivity contribution in [3.8, 4) is 0 Å². The quantitative estimate of drug-likeness (QED) is 0.812. The summed E-state index contributed by atoms with van der Waals surface area (Å²) < 4.78 is 2.74. The topological polar surface area (TPSA) is 34.9 Å². The Morgan fingerprint density at radius 3 is 2.94 bits per heavy atom. The minimum absolute atomic E-state index is 0.143. The van der Waals surface area contributed by atoms with Gasteiger partial charge in [0.15, 0.2) is 5.78 Å². The van der Waals surface area contributed by atoms with Gasteiger partial charge in [-0.1, -0.05) is 6.92 Å². The average Bonchev–Trinajstić information content (AvgIpc) is 2.84. The van der Waals surface area contributed by atoms with Crippen molar-refractivity contribution in [2.75, 3.05) is 0 Å². The molecule has 2 rings (SSSR count). The fraction of sp³-hybridized carbons (Fsp3) is 0.333. The van der Waals surface area contributed by atoms with Crippen LogP contribution in [0.5, 0.6) is 0 Å². The maximum Gasteiger partial charge on any atom is 0.171 e. The third-order valence-corrected chi connectivity index (χ3v) is 4.19. The van der Waals surface area contributed by atoms with E-state index in [0.717, 1.165) is 27.0 Å². The molecule has 2 aromatic heterocycles. The molecular weight excluding hydrogens is 300 g/mol. The Bertz CT molecular complexity index is 544. The van der Waals surface area contributed by atoms with E-state index < -0.39 is 0 Å². The van der Waals surface area contributed by atoms with Gasteiger partial charge in [0.25, 0.3) is 0 Å². The van der Waals surface area contributed by atoms with Gasteiger partial charge in [-0.05, 0) is 28.4 Å². The summed E-state index contributed by atoms with van der Waals surface area (Å²) in [6.45, 7) is 2.01. The summed E-state index contributed by atoms with van der Waals surface area (Å²) in [6, 6.07) is 1.99. The van der Waals surface area contributed by atoms with Gasteiger partial charge in [-0.3, -0.25) is 9.48 Å². The van der Waals surface area contributed by atoms with E-state index in [1.54, 1.807) is 16.0 Å². The first kappa shape index (κ1) is 12.5. The molecule has 0 aliphatic carbocycles. The second-order valence-electron chi connectivity index (χ2n) is 3.85. The van der Waals surface area contributed by atoms with Crippen LogP contribution in [0.2, 0.25) is 0 Å². The van der Waals surface area contributed by atoms with Crippen LogP contribution in [0.1, 0.15) is 27.9 Å². The molecule has 0 atom stereocenters. The van der Waals surface area contributed by atoms with E-state index in [9.17, 15) is 4.79 Å². The van der Waals surface area contributed by atoms with E-state index in [-0.39, 0.29) is 5.78 Å². The van der Waals surface area contributed by atoms with Crippen molar-refractivity contribution in [3.63, 3.8) is 0 Å². The summed E-state index contributed by atoms with van der Waals surface area (Å²) in [4.78, 5) is 13.2. The van der Waals surface area contributed by atoms with Crippen molar-refractivity contribution in [2.24, 2.45) is 7.05 Å². The molecule has 0 aromatic carbocycles. The Hall–Kier alpha value is -0.940. The van der Waals surface area contributed by atoms with E-state index >= 15 is 0 Å². The zero-order valence-electron chi connectivity index (χ0n) is 9.74. The van der Waals surface area contributed by atoms with Gasteiger partial charge in [0.05, 0.1) is 11.3 Å². The number of halogens is 1. The Morgan fingerprint density at radius 2 is 2.35 bits per heavy atom. The molecule has 0 amide bonds. The summed E-state index contributed by atoms with van der Waals surface area (Å²) in [7, 11) is 1.84. The monoisotopic (exact) mass is 312 g/mol. The number of nitrogens with zero attached hydrogens (tertiary/aromatic N) is 2. The van der Waals surface area contributed by atoms with E-state index in [1.807, 2.05) is 31.6 Å². The molecule has 0 radical (unpaired) electrons. The van der Waals surface area contributed by atoms with Crippen LogP contribution in [0, 0.1) is 0 Å². The number of rotatable bonds is 4. The van der Waals surface area contributed by atoms with Crippen LogP contribution in [0.4, 0.5) is 0 Å². The van der Waals surface area contributed by atoms with Crippen LogP contribution < -0.4 is 0 Å². The molecule has 0 unspecified atom stereocenters. The van der Waals surface area contributed by atoms with E-state index in [2.05, 4.69) is 21.0 Å². The predicted octanol–water partition coefficient (Wildman–Crippen LogP) is 3.23. The molecular formula is C12H13BrN2OS. The lowest BCUT2D eigenvalue weighted by molar-refractivity contribution is 0.0993. The van der Waals surface area contributed by atoms with Crippen LogP contribution in [0.3, 0.4) is 0 Å². The van der Waals surface area contributed by atoms with Gasteiger partial charge in [-0.25, -0.2) is 0 Å². The first-order valence-electron chi connectivity index (χ1n) is 5.38. The Labute approximate surface area is 113 Å². The first-order valence-corrected chi connectivity index (χ1v) is 7.06. The minimum atomic E-state index is 0.143. The van der Waals surface area contributed by atoms with E-state index in [1.165, 1.54) is 0 Å². The zero-order valence-corrected chi connectivity index (χ0v) is 12.1. The third kappa shape index (κ3) is 2.84. The average molecular weight is 313 g/mol. The van der Waals surface area contributed by atoms with Gasteiger partial charge in [0.2, 0.25) is 0 Å². The summed E-state index contributed by atoms with van der Waals surface area (Å²) in [5, 5.41) is 6.28. The maximum absolute atomic E-state index is 12.2. The van der Waals surface area contributed by atoms with Crippen LogP contribution in [0.25, 0.3) is 0 Å². The van der Waals surface area contributed by atoms with Crippen LogP contribution in [-0.4, -0.2) is 15.6 Å². The molecule has 2 heterocycles. The summed E-state index contributed by atoms with van der Waals surface area (Å²) in [5.74, 6) is 0.143. The van der Waals surface area contributed by atoms with E-state index in [0.29, 0.717) is 6.42 Å². The number of hydrogen-bond acceptors (Lipinski definition) is 3. The summed E-state index contributed by atoms with van der Waals surface area (Å²) in [6.07, 6.45) is 3.05. The highest BCUT2D eigenvalue weighted by Gasteiger charge is 2.15. The number of Topliss-reactive ketones (excluding diaryl/α,β-unsaturated/α-hetero) is 1. The van der Waals surface area contributed by atoms with Gasteiger partial charge >= 0.3 is 0 Å². The minimum Gasteiger partial charge on any atom is -0.294 e. The lowest BCUT2D eigenvalue weighted by atomic mass is 10.1. The molecule has 0 saturated carbocycles.